The molecule has 0 unspecified atom stereocenters. The standard InChI is InChI=1S/C16H27N3O/c1-11(2)14-18-15(17-4)12(3)16(19-14)20-10-13-8-6-5-7-9-13/h11,13H,5-10H2,1-4H3,(H,17,18,19). The summed E-state index contributed by atoms with van der Waals surface area (Å²) < 4.78 is 6.02. The van der Waals surface area contributed by atoms with Crippen molar-refractivity contribution in [2.24, 2.45) is 5.92 Å². The van der Waals surface area contributed by atoms with E-state index in [0.29, 0.717) is 11.8 Å². The molecule has 20 heavy (non-hydrogen) atoms. The molecule has 0 amide bonds. The van der Waals surface area contributed by atoms with Crippen LogP contribution in [0.2, 0.25) is 0 Å². The quantitative estimate of drug-likeness (QED) is 0.886. The predicted octanol–water partition coefficient (Wildman–Crippen LogP) is 3.91. The largest absolute Gasteiger partial charge is 0.477 e. The molecule has 1 aliphatic carbocycles. The Hall–Kier alpha value is -1.32. The lowest BCUT2D eigenvalue weighted by Gasteiger charge is -2.22. The Bertz CT molecular complexity index is 440. The van der Waals surface area contributed by atoms with E-state index >= 15 is 0 Å². The van der Waals surface area contributed by atoms with Gasteiger partial charge in [-0.15, -0.1) is 0 Å². The van der Waals surface area contributed by atoms with E-state index in [1.807, 2.05) is 14.0 Å². The van der Waals surface area contributed by atoms with Gasteiger partial charge < -0.3 is 10.1 Å². The molecule has 1 N–H and O–H groups in total. The van der Waals surface area contributed by atoms with Crippen LogP contribution in [0.5, 0.6) is 5.88 Å². The highest BCUT2D eigenvalue weighted by Crippen LogP contribution is 2.27. The van der Waals surface area contributed by atoms with Gasteiger partial charge in [0.1, 0.15) is 11.6 Å². The Labute approximate surface area is 122 Å². The maximum Gasteiger partial charge on any atom is 0.221 e. The number of ether oxygens (including phenoxy) is 1. The molecule has 1 heterocycles. The first-order valence-electron chi connectivity index (χ1n) is 7.81. The van der Waals surface area contributed by atoms with Crippen molar-refractivity contribution in [3.05, 3.63) is 11.4 Å². The predicted molar refractivity (Wildman–Crippen MR) is 82.5 cm³/mol. The Balaban J connectivity index is 2.10. The van der Waals surface area contributed by atoms with Gasteiger partial charge in [-0.3, -0.25) is 0 Å². The lowest BCUT2D eigenvalue weighted by Crippen LogP contribution is -2.17. The van der Waals surface area contributed by atoms with Crippen molar-refractivity contribution >= 4 is 5.82 Å². The molecule has 0 bridgehead atoms. The van der Waals surface area contributed by atoms with Gasteiger partial charge >= 0.3 is 0 Å². The second kappa shape index (κ2) is 6.91. The molecule has 1 aliphatic rings. The highest BCUT2D eigenvalue weighted by Gasteiger charge is 2.17. The minimum absolute atomic E-state index is 0.305. The van der Waals surface area contributed by atoms with E-state index in [-0.39, 0.29) is 0 Å². The molecular weight excluding hydrogens is 250 g/mol. The lowest BCUT2D eigenvalue weighted by molar-refractivity contribution is 0.201. The first-order valence-corrected chi connectivity index (χ1v) is 7.81. The number of anilines is 1. The zero-order valence-corrected chi connectivity index (χ0v) is 13.2. The molecule has 1 aromatic heterocycles. The van der Waals surface area contributed by atoms with Crippen LogP contribution >= 0.6 is 0 Å². The molecule has 0 aliphatic heterocycles. The van der Waals surface area contributed by atoms with Crippen LogP contribution in [0.4, 0.5) is 5.82 Å². The highest BCUT2D eigenvalue weighted by atomic mass is 16.5. The normalized spacial score (nSPS) is 16.4. The van der Waals surface area contributed by atoms with Crippen molar-refractivity contribution in [3.63, 3.8) is 0 Å². The van der Waals surface area contributed by atoms with Crippen molar-refractivity contribution in [2.45, 2.75) is 58.8 Å². The molecule has 1 fully saturated rings. The van der Waals surface area contributed by atoms with E-state index in [4.69, 9.17) is 4.74 Å². The summed E-state index contributed by atoms with van der Waals surface area (Å²) in [5.74, 6) is 3.47. The summed E-state index contributed by atoms with van der Waals surface area (Å²) in [7, 11) is 1.89. The smallest absolute Gasteiger partial charge is 0.221 e. The third-order valence-electron chi connectivity index (χ3n) is 4.05. The summed E-state index contributed by atoms with van der Waals surface area (Å²) in [6, 6.07) is 0. The van der Waals surface area contributed by atoms with Crippen LogP contribution in [0.3, 0.4) is 0 Å². The Morgan fingerprint density at radius 2 is 1.90 bits per heavy atom. The van der Waals surface area contributed by atoms with Crippen LogP contribution in [-0.2, 0) is 0 Å². The van der Waals surface area contributed by atoms with Gasteiger partial charge in [0, 0.05) is 13.0 Å². The van der Waals surface area contributed by atoms with Gasteiger partial charge in [0.25, 0.3) is 0 Å². The molecular formula is C16H27N3O. The maximum absolute atomic E-state index is 6.02. The molecule has 0 aromatic carbocycles. The number of hydrogen-bond acceptors (Lipinski definition) is 4. The van der Waals surface area contributed by atoms with Gasteiger partial charge in [-0.25, -0.2) is 4.98 Å². The van der Waals surface area contributed by atoms with E-state index in [1.165, 1.54) is 32.1 Å². The number of rotatable bonds is 5. The number of nitrogens with one attached hydrogen (secondary N) is 1. The van der Waals surface area contributed by atoms with Crippen molar-refractivity contribution in [3.8, 4) is 5.88 Å². The van der Waals surface area contributed by atoms with Crippen LogP contribution in [-0.4, -0.2) is 23.6 Å². The molecule has 0 saturated heterocycles. The van der Waals surface area contributed by atoms with E-state index < -0.39 is 0 Å². The minimum atomic E-state index is 0.305. The van der Waals surface area contributed by atoms with Crippen LogP contribution in [0.15, 0.2) is 0 Å². The van der Waals surface area contributed by atoms with Gasteiger partial charge in [0.15, 0.2) is 0 Å². The van der Waals surface area contributed by atoms with Crippen LogP contribution in [0, 0.1) is 12.8 Å². The third kappa shape index (κ3) is 3.62. The minimum Gasteiger partial charge on any atom is -0.477 e. The summed E-state index contributed by atoms with van der Waals surface area (Å²) in [6.45, 7) is 7.02. The lowest BCUT2D eigenvalue weighted by atomic mass is 9.90. The summed E-state index contributed by atoms with van der Waals surface area (Å²) >= 11 is 0. The van der Waals surface area contributed by atoms with Crippen molar-refractivity contribution in [1.29, 1.82) is 0 Å². The van der Waals surface area contributed by atoms with Crippen LogP contribution in [0.25, 0.3) is 0 Å². The monoisotopic (exact) mass is 277 g/mol. The topological polar surface area (TPSA) is 47.0 Å². The van der Waals surface area contributed by atoms with E-state index in [2.05, 4.69) is 29.1 Å². The van der Waals surface area contributed by atoms with Gasteiger partial charge in [-0.2, -0.15) is 4.98 Å². The molecule has 1 aromatic rings. The average Bonchev–Trinajstić information content (AvgIpc) is 2.47. The first-order chi connectivity index (χ1) is 9.61. The molecule has 4 heteroatoms. The van der Waals surface area contributed by atoms with E-state index in [1.54, 1.807) is 0 Å². The Morgan fingerprint density at radius 1 is 1.20 bits per heavy atom. The summed E-state index contributed by atoms with van der Waals surface area (Å²) in [5.41, 5.74) is 1.01. The fraction of sp³-hybridized carbons (Fsp3) is 0.750. The Morgan fingerprint density at radius 3 is 2.50 bits per heavy atom. The van der Waals surface area contributed by atoms with Crippen molar-refractivity contribution in [2.75, 3.05) is 19.0 Å². The molecule has 0 radical (unpaired) electrons. The molecule has 0 atom stereocenters. The van der Waals surface area contributed by atoms with Crippen LogP contribution < -0.4 is 10.1 Å². The van der Waals surface area contributed by atoms with E-state index in [0.717, 1.165) is 29.7 Å². The van der Waals surface area contributed by atoms with Crippen molar-refractivity contribution in [1.82, 2.24) is 9.97 Å². The van der Waals surface area contributed by atoms with E-state index in [9.17, 15) is 0 Å². The van der Waals surface area contributed by atoms with Crippen LogP contribution in [0.1, 0.15) is 63.3 Å². The van der Waals surface area contributed by atoms with Crippen molar-refractivity contribution < 1.29 is 4.74 Å². The average molecular weight is 277 g/mol. The summed E-state index contributed by atoms with van der Waals surface area (Å²) in [5, 5.41) is 3.14. The second-order valence-corrected chi connectivity index (χ2v) is 6.08. The fourth-order valence-electron chi connectivity index (χ4n) is 2.71. The zero-order valence-electron chi connectivity index (χ0n) is 13.2. The molecule has 112 valence electrons. The molecule has 1 saturated carbocycles. The number of aromatic nitrogens is 2. The SMILES string of the molecule is CNc1nc(C(C)C)nc(OCC2CCCCC2)c1C. The second-order valence-electron chi connectivity index (χ2n) is 6.08. The van der Waals surface area contributed by atoms with Gasteiger partial charge in [0.05, 0.1) is 12.2 Å². The first kappa shape index (κ1) is 15.1. The summed E-state index contributed by atoms with van der Waals surface area (Å²) in [6.07, 6.45) is 6.65. The zero-order chi connectivity index (χ0) is 14.5. The van der Waals surface area contributed by atoms with Gasteiger partial charge in [0.2, 0.25) is 5.88 Å². The fourth-order valence-corrected chi connectivity index (χ4v) is 2.71. The van der Waals surface area contributed by atoms with Gasteiger partial charge in [-0.05, 0) is 25.7 Å². The third-order valence-corrected chi connectivity index (χ3v) is 4.05. The molecule has 4 nitrogen and oxygen atoms in total. The summed E-state index contributed by atoms with van der Waals surface area (Å²) in [4.78, 5) is 9.13. The maximum atomic E-state index is 6.02. The molecule has 2 rings (SSSR count). The highest BCUT2D eigenvalue weighted by molar-refractivity contribution is 5.48. The molecule has 0 spiro atoms. The number of nitrogens with zero attached hydrogens (tertiary/aromatic N) is 2. The van der Waals surface area contributed by atoms with Gasteiger partial charge in [-0.1, -0.05) is 33.1 Å². The Kier molecular flexibility index (Phi) is 5.21. The number of hydrogen-bond donors (Lipinski definition) is 1.